The van der Waals surface area contributed by atoms with Gasteiger partial charge in [0.2, 0.25) is 0 Å². The number of benzene rings is 2. The van der Waals surface area contributed by atoms with Crippen molar-refractivity contribution in [2.75, 3.05) is 5.32 Å². The molecular formula is C18H18N2S. The Balaban J connectivity index is 1.68. The lowest BCUT2D eigenvalue weighted by Crippen LogP contribution is -2.02. The molecule has 3 heteroatoms. The fraction of sp³-hybridized carbons (Fsp3) is 0.167. The summed E-state index contributed by atoms with van der Waals surface area (Å²) in [7, 11) is 0. The first kappa shape index (κ1) is 13.8. The van der Waals surface area contributed by atoms with Crippen LogP contribution in [0.1, 0.15) is 18.1 Å². The third-order valence-electron chi connectivity index (χ3n) is 3.55. The van der Waals surface area contributed by atoms with E-state index in [4.69, 9.17) is 0 Å². The molecule has 3 rings (SSSR count). The van der Waals surface area contributed by atoms with Gasteiger partial charge >= 0.3 is 0 Å². The molecule has 1 heterocycles. The number of hydrogen-bond acceptors (Lipinski definition) is 3. The van der Waals surface area contributed by atoms with Crippen molar-refractivity contribution < 1.29 is 0 Å². The number of thiazole rings is 1. The Bertz CT molecular complexity index is 688. The highest BCUT2D eigenvalue weighted by Crippen LogP contribution is 2.23. The minimum absolute atomic E-state index is 0.862. The molecule has 1 aromatic heterocycles. The standard InChI is InChI=1S/C18H18N2S/c1-2-14-5-3-4-6-16(14)13-20-17-9-7-15(8-10-17)18-19-11-12-21-18/h3-12,20H,2,13H2,1H3. The van der Waals surface area contributed by atoms with Crippen molar-refractivity contribution in [3.05, 3.63) is 71.2 Å². The molecule has 2 aromatic carbocycles. The Morgan fingerprint density at radius 1 is 1.00 bits per heavy atom. The summed E-state index contributed by atoms with van der Waals surface area (Å²) in [5.74, 6) is 0. The van der Waals surface area contributed by atoms with Gasteiger partial charge < -0.3 is 5.32 Å². The highest BCUT2D eigenvalue weighted by atomic mass is 32.1. The molecule has 21 heavy (non-hydrogen) atoms. The number of anilines is 1. The van der Waals surface area contributed by atoms with Crippen LogP contribution in [0.2, 0.25) is 0 Å². The summed E-state index contributed by atoms with van der Waals surface area (Å²) >= 11 is 1.67. The summed E-state index contributed by atoms with van der Waals surface area (Å²) in [5.41, 5.74) is 5.08. The molecule has 0 atom stereocenters. The summed E-state index contributed by atoms with van der Waals surface area (Å²) in [5, 5.41) is 6.56. The number of hydrogen-bond donors (Lipinski definition) is 1. The number of rotatable bonds is 5. The zero-order valence-electron chi connectivity index (χ0n) is 12.0. The summed E-state index contributed by atoms with van der Waals surface area (Å²) in [4.78, 5) is 4.33. The number of aromatic nitrogens is 1. The van der Waals surface area contributed by atoms with Gasteiger partial charge in [0.05, 0.1) is 0 Å². The van der Waals surface area contributed by atoms with Crippen LogP contribution in [-0.2, 0) is 13.0 Å². The topological polar surface area (TPSA) is 24.9 Å². The normalized spacial score (nSPS) is 10.5. The van der Waals surface area contributed by atoms with Crippen molar-refractivity contribution in [2.24, 2.45) is 0 Å². The van der Waals surface area contributed by atoms with Gasteiger partial charge in [-0.3, -0.25) is 0 Å². The fourth-order valence-corrected chi connectivity index (χ4v) is 3.01. The quantitative estimate of drug-likeness (QED) is 0.717. The first-order chi connectivity index (χ1) is 10.4. The number of aryl methyl sites for hydroxylation is 1. The van der Waals surface area contributed by atoms with Crippen LogP contribution in [-0.4, -0.2) is 4.98 Å². The van der Waals surface area contributed by atoms with Gasteiger partial charge in [-0.15, -0.1) is 11.3 Å². The summed E-state index contributed by atoms with van der Waals surface area (Å²) in [6.45, 7) is 3.06. The van der Waals surface area contributed by atoms with Gasteiger partial charge in [-0.2, -0.15) is 0 Å². The van der Waals surface area contributed by atoms with Crippen molar-refractivity contribution in [2.45, 2.75) is 19.9 Å². The summed E-state index contributed by atoms with van der Waals surface area (Å²) in [6.07, 6.45) is 2.91. The Hall–Kier alpha value is -2.13. The van der Waals surface area contributed by atoms with Gasteiger partial charge in [0, 0.05) is 29.4 Å². The van der Waals surface area contributed by atoms with Crippen molar-refractivity contribution >= 4 is 17.0 Å². The van der Waals surface area contributed by atoms with Crippen molar-refractivity contribution in [3.63, 3.8) is 0 Å². The Morgan fingerprint density at radius 2 is 1.76 bits per heavy atom. The first-order valence-corrected chi connectivity index (χ1v) is 8.05. The zero-order valence-corrected chi connectivity index (χ0v) is 12.9. The molecular weight excluding hydrogens is 276 g/mol. The molecule has 0 fully saturated rings. The average Bonchev–Trinajstić information content (AvgIpc) is 3.08. The summed E-state index contributed by atoms with van der Waals surface area (Å²) in [6, 6.07) is 17.1. The lowest BCUT2D eigenvalue weighted by Gasteiger charge is -2.10. The molecule has 0 aliphatic heterocycles. The third kappa shape index (κ3) is 3.31. The van der Waals surface area contributed by atoms with E-state index in [0.29, 0.717) is 0 Å². The maximum atomic E-state index is 4.33. The third-order valence-corrected chi connectivity index (χ3v) is 4.37. The van der Waals surface area contributed by atoms with Gasteiger partial charge in [-0.05, 0) is 41.8 Å². The monoisotopic (exact) mass is 294 g/mol. The number of nitrogens with one attached hydrogen (secondary N) is 1. The molecule has 106 valence electrons. The van der Waals surface area contributed by atoms with E-state index in [9.17, 15) is 0 Å². The molecule has 0 unspecified atom stereocenters. The second kappa shape index (κ2) is 6.55. The molecule has 0 radical (unpaired) electrons. The average molecular weight is 294 g/mol. The van der Waals surface area contributed by atoms with E-state index in [2.05, 4.69) is 65.8 Å². The minimum atomic E-state index is 0.862. The van der Waals surface area contributed by atoms with Crippen molar-refractivity contribution in [1.29, 1.82) is 0 Å². The first-order valence-electron chi connectivity index (χ1n) is 7.17. The van der Waals surface area contributed by atoms with Crippen molar-refractivity contribution in [3.8, 4) is 10.6 Å². The van der Waals surface area contributed by atoms with E-state index in [1.807, 2.05) is 11.6 Å². The smallest absolute Gasteiger partial charge is 0.123 e. The molecule has 0 aliphatic rings. The van der Waals surface area contributed by atoms with Crippen LogP contribution in [0.4, 0.5) is 5.69 Å². The number of nitrogens with zero attached hydrogens (tertiary/aromatic N) is 1. The highest BCUT2D eigenvalue weighted by molar-refractivity contribution is 7.13. The lowest BCUT2D eigenvalue weighted by atomic mass is 10.1. The molecule has 2 nitrogen and oxygen atoms in total. The predicted molar refractivity (Wildman–Crippen MR) is 90.7 cm³/mol. The van der Waals surface area contributed by atoms with Crippen LogP contribution >= 0.6 is 11.3 Å². The maximum absolute atomic E-state index is 4.33. The predicted octanol–water partition coefficient (Wildman–Crippen LogP) is 4.98. The molecule has 1 N–H and O–H groups in total. The minimum Gasteiger partial charge on any atom is -0.381 e. The van der Waals surface area contributed by atoms with Gasteiger partial charge in [0.15, 0.2) is 0 Å². The van der Waals surface area contributed by atoms with Crippen LogP contribution < -0.4 is 5.32 Å². The van der Waals surface area contributed by atoms with Gasteiger partial charge in [0.1, 0.15) is 5.01 Å². The fourth-order valence-electron chi connectivity index (χ4n) is 2.37. The largest absolute Gasteiger partial charge is 0.381 e. The molecule has 0 bridgehead atoms. The van der Waals surface area contributed by atoms with Gasteiger partial charge in [-0.1, -0.05) is 31.2 Å². The Kier molecular flexibility index (Phi) is 4.31. The summed E-state index contributed by atoms with van der Waals surface area (Å²) < 4.78 is 0. The SMILES string of the molecule is CCc1ccccc1CNc1ccc(-c2nccs2)cc1. The van der Waals surface area contributed by atoms with Crippen LogP contribution in [0.3, 0.4) is 0 Å². The molecule has 0 aliphatic carbocycles. The molecule has 0 saturated carbocycles. The second-order valence-corrected chi connectivity index (χ2v) is 5.78. The molecule has 0 spiro atoms. The van der Waals surface area contributed by atoms with Crippen LogP contribution in [0.15, 0.2) is 60.1 Å². The Labute approximate surface area is 129 Å². The van der Waals surface area contributed by atoms with E-state index in [0.717, 1.165) is 23.7 Å². The molecule has 0 amide bonds. The van der Waals surface area contributed by atoms with E-state index < -0.39 is 0 Å². The molecule has 3 aromatic rings. The highest BCUT2D eigenvalue weighted by Gasteiger charge is 2.02. The van der Waals surface area contributed by atoms with Crippen LogP contribution in [0.5, 0.6) is 0 Å². The van der Waals surface area contributed by atoms with Gasteiger partial charge in [-0.25, -0.2) is 4.98 Å². The Morgan fingerprint density at radius 3 is 2.43 bits per heavy atom. The van der Waals surface area contributed by atoms with E-state index in [1.54, 1.807) is 11.3 Å². The van der Waals surface area contributed by atoms with Gasteiger partial charge in [0.25, 0.3) is 0 Å². The lowest BCUT2D eigenvalue weighted by molar-refractivity contribution is 1.04. The van der Waals surface area contributed by atoms with Crippen LogP contribution in [0.25, 0.3) is 10.6 Å². The van der Waals surface area contributed by atoms with E-state index >= 15 is 0 Å². The van der Waals surface area contributed by atoms with Crippen molar-refractivity contribution in [1.82, 2.24) is 4.98 Å². The van der Waals surface area contributed by atoms with E-state index in [-0.39, 0.29) is 0 Å². The molecule has 0 saturated heterocycles. The van der Waals surface area contributed by atoms with Crippen LogP contribution in [0, 0.1) is 0 Å². The zero-order chi connectivity index (χ0) is 14.5. The second-order valence-electron chi connectivity index (χ2n) is 4.89. The maximum Gasteiger partial charge on any atom is 0.123 e. The van der Waals surface area contributed by atoms with E-state index in [1.165, 1.54) is 16.7 Å².